The Balaban J connectivity index is 1.89. The number of aliphatic imine (C=N–C) groups is 1. The van der Waals surface area contributed by atoms with Gasteiger partial charge < -0.3 is 0 Å². The molecule has 0 aliphatic heterocycles. The molecule has 0 unspecified atom stereocenters. The van der Waals surface area contributed by atoms with Crippen LogP contribution in [0.25, 0.3) is 0 Å². The van der Waals surface area contributed by atoms with Crippen molar-refractivity contribution in [2.45, 2.75) is 31.3 Å². The van der Waals surface area contributed by atoms with Crippen LogP contribution in [0.1, 0.15) is 25.7 Å². The summed E-state index contributed by atoms with van der Waals surface area (Å²) in [5, 5.41) is 8.71. The summed E-state index contributed by atoms with van der Waals surface area (Å²) in [4.78, 5) is 14.7. The molecule has 2 aliphatic carbocycles. The van der Waals surface area contributed by atoms with E-state index in [1.807, 2.05) is 30.3 Å². The second kappa shape index (κ2) is 4.46. The number of nitrogens with zero attached hydrogens (tertiary/aromatic N) is 3. The van der Waals surface area contributed by atoms with E-state index in [4.69, 9.17) is 0 Å². The SMILES string of the molecule is O=C=NC(N=Nc1ccccc1)(C1CC1)C1CC1. The molecule has 18 heavy (non-hydrogen) atoms. The van der Waals surface area contributed by atoms with E-state index < -0.39 is 5.66 Å². The van der Waals surface area contributed by atoms with Gasteiger partial charge in [-0.3, -0.25) is 0 Å². The van der Waals surface area contributed by atoms with Gasteiger partial charge in [0, 0.05) is 11.8 Å². The van der Waals surface area contributed by atoms with Crippen LogP contribution < -0.4 is 0 Å². The molecule has 0 bridgehead atoms. The second-order valence-electron chi connectivity index (χ2n) is 5.07. The van der Waals surface area contributed by atoms with E-state index in [0.29, 0.717) is 11.8 Å². The molecule has 4 heteroatoms. The fourth-order valence-electron chi connectivity index (χ4n) is 2.42. The minimum Gasteiger partial charge on any atom is -0.211 e. The topological polar surface area (TPSA) is 54.1 Å². The number of isocyanates is 1. The maximum absolute atomic E-state index is 10.7. The van der Waals surface area contributed by atoms with Gasteiger partial charge in [-0.25, -0.2) is 4.79 Å². The van der Waals surface area contributed by atoms with Crippen molar-refractivity contribution in [1.82, 2.24) is 0 Å². The average Bonchev–Trinajstić information content (AvgIpc) is 3.29. The Morgan fingerprint density at radius 2 is 1.67 bits per heavy atom. The number of benzene rings is 1. The van der Waals surface area contributed by atoms with Crippen molar-refractivity contribution in [3.05, 3.63) is 30.3 Å². The van der Waals surface area contributed by atoms with Gasteiger partial charge in [-0.2, -0.15) is 15.2 Å². The Hall–Kier alpha value is -1.80. The largest absolute Gasteiger partial charge is 0.237 e. The Labute approximate surface area is 106 Å². The number of carbonyl (C=O) groups excluding carboxylic acids is 1. The Kier molecular flexibility index (Phi) is 2.80. The van der Waals surface area contributed by atoms with E-state index >= 15 is 0 Å². The Morgan fingerprint density at radius 3 is 2.17 bits per heavy atom. The first-order valence-electron chi connectivity index (χ1n) is 6.42. The zero-order valence-corrected chi connectivity index (χ0v) is 10.1. The molecule has 0 atom stereocenters. The maximum Gasteiger partial charge on any atom is 0.237 e. The molecule has 0 amide bonds. The smallest absolute Gasteiger partial charge is 0.211 e. The first-order chi connectivity index (χ1) is 8.85. The van der Waals surface area contributed by atoms with Crippen LogP contribution in [0.2, 0.25) is 0 Å². The molecule has 0 N–H and O–H groups in total. The van der Waals surface area contributed by atoms with Crippen LogP contribution in [0.4, 0.5) is 5.69 Å². The van der Waals surface area contributed by atoms with Crippen LogP contribution in [0.3, 0.4) is 0 Å². The van der Waals surface area contributed by atoms with Crippen molar-refractivity contribution in [1.29, 1.82) is 0 Å². The summed E-state index contributed by atoms with van der Waals surface area (Å²) < 4.78 is 0. The predicted molar refractivity (Wildman–Crippen MR) is 67.3 cm³/mol. The first kappa shape index (κ1) is 11.3. The van der Waals surface area contributed by atoms with Crippen LogP contribution in [-0.4, -0.2) is 11.7 Å². The van der Waals surface area contributed by atoms with Crippen LogP contribution in [-0.2, 0) is 4.79 Å². The van der Waals surface area contributed by atoms with Crippen molar-refractivity contribution in [3.63, 3.8) is 0 Å². The summed E-state index contributed by atoms with van der Waals surface area (Å²) in [6.45, 7) is 0. The highest BCUT2D eigenvalue weighted by atomic mass is 16.1. The lowest BCUT2D eigenvalue weighted by molar-refractivity contribution is 0.324. The molecule has 1 aromatic rings. The van der Waals surface area contributed by atoms with Gasteiger partial charge >= 0.3 is 0 Å². The van der Waals surface area contributed by atoms with E-state index in [0.717, 1.165) is 31.4 Å². The van der Waals surface area contributed by atoms with Gasteiger partial charge in [0.05, 0.1) is 5.69 Å². The molecule has 0 aromatic heterocycles. The molecule has 4 nitrogen and oxygen atoms in total. The van der Waals surface area contributed by atoms with Gasteiger partial charge in [-0.1, -0.05) is 18.2 Å². The van der Waals surface area contributed by atoms with Crippen molar-refractivity contribution in [2.24, 2.45) is 27.1 Å². The summed E-state index contributed by atoms with van der Waals surface area (Å²) in [6, 6.07) is 9.59. The van der Waals surface area contributed by atoms with Crippen LogP contribution in [0.15, 0.2) is 45.6 Å². The lowest BCUT2D eigenvalue weighted by atomic mass is 10.0. The fraction of sp³-hybridized carbons (Fsp3) is 0.500. The lowest BCUT2D eigenvalue weighted by Gasteiger charge is -2.21. The number of hydrogen-bond donors (Lipinski definition) is 0. The number of hydrogen-bond acceptors (Lipinski definition) is 4. The summed E-state index contributed by atoms with van der Waals surface area (Å²) in [5.74, 6) is 0.776. The van der Waals surface area contributed by atoms with Crippen molar-refractivity contribution in [2.75, 3.05) is 0 Å². The number of azo groups is 1. The van der Waals surface area contributed by atoms with E-state index in [1.165, 1.54) is 0 Å². The van der Waals surface area contributed by atoms with Crippen LogP contribution >= 0.6 is 0 Å². The van der Waals surface area contributed by atoms with Gasteiger partial charge in [0.25, 0.3) is 0 Å². The molecular weight excluding hydrogens is 226 g/mol. The molecule has 2 aliphatic rings. The Morgan fingerprint density at radius 1 is 1.06 bits per heavy atom. The summed E-state index contributed by atoms with van der Waals surface area (Å²) in [5.41, 5.74) is 0.196. The molecule has 1 aromatic carbocycles. The molecule has 0 spiro atoms. The molecule has 0 radical (unpaired) electrons. The van der Waals surface area contributed by atoms with E-state index in [2.05, 4.69) is 15.2 Å². The van der Waals surface area contributed by atoms with Gasteiger partial charge in [0.2, 0.25) is 6.08 Å². The van der Waals surface area contributed by atoms with Crippen LogP contribution in [0, 0.1) is 11.8 Å². The van der Waals surface area contributed by atoms with Crippen molar-refractivity contribution >= 4 is 11.8 Å². The van der Waals surface area contributed by atoms with E-state index in [1.54, 1.807) is 6.08 Å². The normalized spacial score (nSPS) is 19.8. The standard InChI is InChI=1S/C14H15N3O/c18-10-15-14(11-6-7-11,12-8-9-12)17-16-13-4-2-1-3-5-13/h1-5,11-12H,6-9H2. The Bertz CT molecular complexity index is 485. The van der Waals surface area contributed by atoms with Crippen molar-refractivity contribution < 1.29 is 4.79 Å². The lowest BCUT2D eigenvalue weighted by Crippen LogP contribution is -2.29. The predicted octanol–water partition coefficient (Wildman–Crippen LogP) is 3.62. The highest BCUT2D eigenvalue weighted by molar-refractivity contribution is 5.37. The van der Waals surface area contributed by atoms with Gasteiger partial charge in [-0.15, -0.1) is 0 Å². The zero-order valence-electron chi connectivity index (χ0n) is 10.1. The molecule has 2 fully saturated rings. The van der Waals surface area contributed by atoms with E-state index in [9.17, 15) is 4.79 Å². The quantitative estimate of drug-likeness (QED) is 0.441. The highest BCUT2D eigenvalue weighted by Gasteiger charge is 2.55. The summed E-state index contributed by atoms with van der Waals surface area (Å²) >= 11 is 0. The highest BCUT2D eigenvalue weighted by Crippen LogP contribution is 2.55. The minimum atomic E-state index is -0.614. The first-order valence-corrected chi connectivity index (χ1v) is 6.42. The third kappa shape index (κ3) is 2.12. The molecule has 92 valence electrons. The molecular formula is C14H15N3O. The summed E-state index contributed by atoms with van der Waals surface area (Å²) in [7, 11) is 0. The molecule has 0 saturated heterocycles. The van der Waals surface area contributed by atoms with Gasteiger partial charge in [-0.05, 0) is 37.8 Å². The summed E-state index contributed by atoms with van der Waals surface area (Å²) in [6.07, 6.45) is 6.08. The monoisotopic (exact) mass is 241 g/mol. The van der Waals surface area contributed by atoms with Gasteiger partial charge in [0.1, 0.15) is 0 Å². The van der Waals surface area contributed by atoms with Crippen molar-refractivity contribution in [3.8, 4) is 0 Å². The third-order valence-electron chi connectivity index (χ3n) is 3.66. The van der Waals surface area contributed by atoms with E-state index in [-0.39, 0.29) is 0 Å². The molecule has 2 saturated carbocycles. The average molecular weight is 241 g/mol. The second-order valence-corrected chi connectivity index (χ2v) is 5.07. The maximum atomic E-state index is 10.7. The fourth-order valence-corrected chi connectivity index (χ4v) is 2.42. The number of rotatable bonds is 5. The zero-order chi connectivity index (χ0) is 12.4. The third-order valence-corrected chi connectivity index (χ3v) is 3.66. The minimum absolute atomic E-state index is 0.388. The molecule has 3 rings (SSSR count). The molecule has 0 heterocycles. The van der Waals surface area contributed by atoms with Gasteiger partial charge in [0.15, 0.2) is 5.66 Å². The van der Waals surface area contributed by atoms with Crippen LogP contribution in [0.5, 0.6) is 0 Å².